The number of carbonyl (C=O) groups excluding carboxylic acids is 1. The van der Waals surface area contributed by atoms with Gasteiger partial charge in [0.2, 0.25) is 15.8 Å². The van der Waals surface area contributed by atoms with Gasteiger partial charge in [-0.3, -0.25) is 4.79 Å². The number of benzene rings is 2. The molecule has 168 valence electrons. The number of methoxy groups -OCH3 is 3. The van der Waals surface area contributed by atoms with Crippen molar-refractivity contribution in [2.24, 2.45) is 0 Å². The SMILES string of the molecule is COc1ccc(C(=O)Nc2ccc(F)c(S(=O)(=O)N3CCOCC3)c2)c(OC)c1OC. The number of nitrogens with zero attached hydrogens (tertiary/aromatic N) is 1. The summed E-state index contributed by atoms with van der Waals surface area (Å²) < 4.78 is 62.1. The van der Waals surface area contributed by atoms with Crippen LogP contribution in [0.4, 0.5) is 10.1 Å². The van der Waals surface area contributed by atoms with Gasteiger partial charge in [-0.15, -0.1) is 0 Å². The minimum Gasteiger partial charge on any atom is -0.493 e. The van der Waals surface area contributed by atoms with Crippen molar-refractivity contribution >= 4 is 21.6 Å². The summed E-state index contributed by atoms with van der Waals surface area (Å²) in [5, 5.41) is 2.57. The predicted octanol–water partition coefficient (Wildman–Crippen LogP) is 2.12. The number of nitrogens with one attached hydrogen (secondary N) is 1. The maximum Gasteiger partial charge on any atom is 0.259 e. The Labute approximate surface area is 179 Å². The van der Waals surface area contributed by atoms with E-state index in [1.165, 1.54) is 39.5 Å². The number of sulfonamides is 1. The summed E-state index contributed by atoms with van der Waals surface area (Å²) in [6.07, 6.45) is 0. The summed E-state index contributed by atoms with van der Waals surface area (Å²) >= 11 is 0. The van der Waals surface area contributed by atoms with Crippen LogP contribution >= 0.6 is 0 Å². The topological polar surface area (TPSA) is 103 Å². The zero-order valence-corrected chi connectivity index (χ0v) is 18.1. The van der Waals surface area contributed by atoms with Crippen LogP contribution in [0.1, 0.15) is 10.4 Å². The van der Waals surface area contributed by atoms with Gasteiger partial charge >= 0.3 is 0 Å². The minimum absolute atomic E-state index is 0.107. The van der Waals surface area contributed by atoms with E-state index in [-0.39, 0.29) is 49.1 Å². The molecule has 1 amide bonds. The molecule has 0 atom stereocenters. The average Bonchev–Trinajstić information content (AvgIpc) is 2.79. The second-order valence-corrected chi connectivity index (χ2v) is 8.40. The van der Waals surface area contributed by atoms with E-state index in [1.807, 2.05) is 0 Å². The number of carbonyl (C=O) groups is 1. The molecule has 0 saturated carbocycles. The number of ether oxygens (including phenoxy) is 4. The lowest BCUT2D eigenvalue weighted by molar-refractivity contribution is 0.0729. The lowest BCUT2D eigenvalue weighted by Crippen LogP contribution is -2.40. The molecule has 0 aromatic heterocycles. The zero-order valence-electron chi connectivity index (χ0n) is 17.3. The molecular weight excluding hydrogens is 431 g/mol. The highest BCUT2D eigenvalue weighted by Crippen LogP contribution is 2.40. The molecule has 0 unspecified atom stereocenters. The van der Waals surface area contributed by atoms with Crippen molar-refractivity contribution in [1.82, 2.24) is 4.31 Å². The minimum atomic E-state index is -4.08. The fourth-order valence-electron chi connectivity index (χ4n) is 3.18. The summed E-state index contributed by atoms with van der Waals surface area (Å²) in [5.41, 5.74) is 0.233. The van der Waals surface area contributed by atoms with Crippen LogP contribution in [0.2, 0.25) is 0 Å². The first kappa shape index (κ1) is 22.8. The van der Waals surface area contributed by atoms with Gasteiger partial charge in [-0.2, -0.15) is 4.31 Å². The Morgan fingerprint density at radius 3 is 2.32 bits per heavy atom. The number of amides is 1. The van der Waals surface area contributed by atoms with E-state index in [0.29, 0.717) is 5.75 Å². The third-order valence-corrected chi connectivity index (χ3v) is 6.64. The summed E-state index contributed by atoms with van der Waals surface area (Å²) in [6, 6.07) is 6.37. The third kappa shape index (κ3) is 4.58. The Morgan fingerprint density at radius 1 is 1.03 bits per heavy atom. The number of hydrogen-bond acceptors (Lipinski definition) is 7. The van der Waals surface area contributed by atoms with Gasteiger partial charge < -0.3 is 24.3 Å². The Hall–Kier alpha value is -2.89. The van der Waals surface area contributed by atoms with Crippen molar-refractivity contribution in [3.8, 4) is 17.2 Å². The molecule has 0 aliphatic carbocycles. The second kappa shape index (κ2) is 9.50. The molecule has 1 N–H and O–H groups in total. The summed E-state index contributed by atoms with van der Waals surface area (Å²) in [5.74, 6) is -0.765. The van der Waals surface area contributed by atoms with Crippen LogP contribution < -0.4 is 19.5 Å². The molecule has 9 nitrogen and oxygen atoms in total. The van der Waals surface area contributed by atoms with Gasteiger partial charge in [-0.25, -0.2) is 12.8 Å². The maximum absolute atomic E-state index is 14.4. The van der Waals surface area contributed by atoms with E-state index in [4.69, 9.17) is 18.9 Å². The normalized spacial score (nSPS) is 14.7. The molecule has 1 fully saturated rings. The molecule has 1 aliphatic heterocycles. The standard InChI is InChI=1S/C20H23FN2O7S/c1-27-16-7-5-14(18(28-2)19(16)29-3)20(24)22-13-4-6-15(21)17(12-13)31(25,26)23-8-10-30-11-9-23/h4-7,12H,8-11H2,1-3H3,(H,22,24). The molecule has 11 heteroatoms. The van der Waals surface area contributed by atoms with Crippen LogP contribution in [0, 0.1) is 5.82 Å². The smallest absolute Gasteiger partial charge is 0.259 e. The van der Waals surface area contributed by atoms with Gasteiger partial charge in [-0.1, -0.05) is 0 Å². The largest absolute Gasteiger partial charge is 0.493 e. The Morgan fingerprint density at radius 2 is 1.71 bits per heavy atom. The Balaban J connectivity index is 1.92. The Bertz CT molecular complexity index is 1070. The first-order valence-corrected chi connectivity index (χ1v) is 10.7. The van der Waals surface area contributed by atoms with Crippen molar-refractivity contribution in [2.75, 3.05) is 52.9 Å². The van der Waals surface area contributed by atoms with Crippen molar-refractivity contribution < 1.29 is 36.6 Å². The van der Waals surface area contributed by atoms with Crippen LogP contribution in [0.3, 0.4) is 0 Å². The molecule has 1 saturated heterocycles. The van der Waals surface area contributed by atoms with Crippen molar-refractivity contribution in [3.05, 3.63) is 41.7 Å². The van der Waals surface area contributed by atoms with Crippen LogP contribution in [0.25, 0.3) is 0 Å². The molecule has 1 heterocycles. The number of halogens is 1. The van der Waals surface area contributed by atoms with E-state index < -0.39 is 26.6 Å². The highest BCUT2D eigenvalue weighted by molar-refractivity contribution is 7.89. The van der Waals surface area contributed by atoms with Gasteiger partial charge in [0.15, 0.2) is 11.5 Å². The molecule has 0 radical (unpaired) electrons. The van der Waals surface area contributed by atoms with E-state index in [1.54, 1.807) is 0 Å². The third-order valence-electron chi connectivity index (χ3n) is 4.73. The monoisotopic (exact) mass is 454 g/mol. The van der Waals surface area contributed by atoms with Crippen molar-refractivity contribution in [3.63, 3.8) is 0 Å². The first-order chi connectivity index (χ1) is 14.8. The number of anilines is 1. The van der Waals surface area contributed by atoms with Gasteiger partial charge in [0.25, 0.3) is 5.91 Å². The summed E-state index contributed by atoms with van der Waals surface area (Å²) in [7, 11) is 0.150. The maximum atomic E-state index is 14.4. The zero-order chi connectivity index (χ0) is 22.6. The molecule has 1 aliphatic rings. The van der Waals surface area contributed by atoms with Gasteiger partial charge in [-0.05, 0) is 30.3 Å². The fraction of sp³-hybridized carbons (Fsp3) is 0.350. The van der Waals surface area contributed by atoms with E-state index in [2.05, 4.69) is 5.32 Å². The number of morpholine rings is 1. The summed E-state index contributed by atoms with van der Waals surface area (Å²) in [4.78, 5) is 12.3. The molecule has 2 aromatic rings. The van der Waals surface area contributed by atoms with Gasteiger partial charge in [0.1, 0.15) is 10.7 Å². The van der Waals surface area contributed by atoms with E-state index in [9.17, 15) is 17.6 Å². The van der Waals surface area contributed by atoms with Crippen LogP contribution in [-0.2, 0) is 14.8 Å². The highest BCUT2D eigenvalue weighted by Gasteiger charge is 2.29. The van der Waals surface area contributed by atoms with E-state index in [0.717, 1.165) is 16.4 Å². The number of hydrogen-bond donors (Lipinski definition) is 1. The quantitative estimate of drug-likeness (QED) is 0.684. The van der Waals surface area contributed by atoms with Gasteiger partial charge in [0, 0.05) is 18.8 Å². The molecule has 2 aromatic carbocycles. The molecule has 0 bridgehead atoms. The lowest BCUT2D eigenvalue weighted by Gasteiger charge is -2.26. The molecule has 0 spiro atoms. The summed E-state index contributed by atoms with van der Waals surface area (Å²) in [6.45, 7) is 0.717. The first-order valence-electron chi connectivity index (χ1n) is 9.31. The average molecular weight is 454 g/mol. The van der Waals surface area contributed by atoms with Gasteiger partial charge in [0.05, 0.1) is 40.1 Å². The lowest BCUT2D eigenvalue weighted by atomic mass is 10.1. The Kier molecular flexibility index (Phi) is 6.98. The fourth-order valence-corrected chi connectivity index (χ4v) is 4.68. The van der Waals surface area contributed by atoms with E-state index >= 15 is 0 Å². The van der Waals surface area contributed by atoms with Crippen LogP contribution in [-0.4, -0.2) is 66.3 Å². The highest BCUT2D eigenvalue weighted by atomic mass is 32.2. The predicted molar refractivity (Wildman–Crippen MR) is 110 cm³/mol. The molecule has 31 heavy (non-hydrogen) atoms. The van der Waals surface area contributed by atoms with Crippen molar-refractivity contribution in [1.29, 1.82) is 0 Å². The molecule has 3 rings (SSSR count). The van der Waals surface area contributed by atoms with Crippen LogP contribution in [0.15, 0.2) is 35.2 Å². The molecular formula is C20H23FN2O7S. The second-order valence-electron chi connectivity index (χ2n) is 6.50. The van der Waals surface area contributed by atoms with Crippen molar-refractivity contribution in [2.45, 2.75) is 4.90 Å². The number of rotatable bonds is 7. The van der Waals surface area contributed by atoms with Crippen LogP contribution in [0.5, 0.6) is 17.2 Å².